The van der Waals surface area contributed by atoms with Gasteiger partial charge in [0.1, 0.15) is 5.75 Å². The fraction of sp³-hybridized carbons (Fsp3) is 0.389. The van der Waals surface area contributed by atoms with Crippen LogP contribution in [0.1, 0.15) is 34.5 Å². The molecule has 2 aromatic rings. The maximum Gasteiger partial charge on any atom is 0.341 e. The molecule has 3 rings (SSSR count). The summed E-state index contributed by atoms with van der Waals surface area (Å²) in [5, 5.41) is 12.9. The van der Waals surface area contributed by atoms with Gasteiger partial charge in [-0.25, -0.2) is 4.79 Å². The van der Waals surface area contributed by atoms with E-state index in [4.69, 9.17) is 9.84 Å². The van der Waals surface area contributed by atoms with E-state index in [1.165, 1.54) is 0 Å². The van der Waals surface area contributed by atoms with E-state index < -0.39 is 5.97 Å². The smallest absolute Gasteiger partial charge is 0.341 e. The van der Waals surface area contributed by atoms with Gasteiger partial charge < -0.3 is 14.7 Å². The maximum absolute atomic E-state index is 12.7. The summed E-state index contributed by atoms with van der Waals surface area (Å²) < 4.78 is 7.03. The molecule has 2 heterocycles. The van der Waals surface area contributed by atoms with Crippen LogP contribution in [0.15, 0.2) is 30.5 Å². The molecule has 7 nitrogen and oxygen atoms in total. The summed E-state index contributed by atoms with van der Waals surface area (Å²) in [6.07, 6.45) is 4.76. The number of aliphatic carboxylic acids is 1. The first-order valence-electron chi connectivity index (χ1n) is 8.28. The van der Waals surface area contributed by atoms with Gasteiger partial charge in [0.2, 0.25) is 0 Å². The molecule has 1 aliphatic heterocycles. The summed E-state index contributed by atoms with van der Waals surface area (Å²) >= 11 is 0. The van der Waals surface area contributed by atoms with Crippen LogP contribution in [0.25, 0.3) is 0 Å². The second-order valence-electron chi connectivity index (χ2n) is 6.17. The molecule has 1 aliphatic rings. The van der Waals surface area contributed by atoms with Crippen molar-refractivity contribution in [2.45, 2.75) is 32.4 Å². The third kappa shape index (κ3) is 3.99. The van der Waals surface area contributed by atoms with Crippen LogP contribution < -0.4 is 4.74 Å². The van der Waals surface area contributed by atoms with Crippen LogP contribution in [0.2, 0.25) is 0 Å². The van der Waals surface area contributed by atoms with Crippen LogP contribution in [0.4, 0.5) is 0 Å². The molecular weight excluding hydrogens is 322 g/mol. The van der Waals surface area contributed by atoms with Gasteiger partial charge in [-0.05, 0) is 37.0 Å². The molecule has 0 fully saturated rings. The average Bonchev–Trinajstić information content (AvgIpc) is 3.04. The van der Waals surface area contributed by atoms with Crippen molar-refractivity contribution < 1.29 is 19.4 Å². The first-order valence-corrected chi connectivity index (χ1v) is 8.28. The van der Waals surface area contributed by atoms with Crippen molar-refractivity contribution >= 4 is 11.9 Å². The van der Waals surface area contributed by atoms with Crippen LogP contribution >= 0.6 is 0 Å². The number of hydrogen-bond donors (Lipinski definition) is 1. The highest BCUT2D eigenvalue weighted by molar-refractivity contribution is 5.95. The number of carboxylic acid groups (broad SMARTS) is 1. The highest BCUT2D eigenvalue weighted by atomic mass is 16.5. The number of fused-ring (bicyclic) bond motifs is 1. The van der Waals surface area contributed by atoms with E-state index in [0.29, 0.717) is 17.9 Å². The number of ether oxygens (including phenoxy) is 1. The molecular formula is C18H21N3O4. The van der Waals surface area contributed by atoms with E-state index in [-0.39, 0.29) is 12.5 Å². The molecule has 0 aliphatic carbocycles. The molecule has 132 valence electrons. The van der Waals surface area contributed by atoms with Crippen LogP contribution in [-0.4, -0.2) is 45.3 Å². The fourth-order valence-electron chi connectivity index (χ4n) is 2.99. The van der Waals surface area contributed by atoms with Crippen molar-refractivity contribution in [1.29, 1.82) is 0 Å². The number of benzene rings is 1. The zero-order chi connectivity index (χ0) is 17.8. The van der Waals surface area contributed by atoms with Crippen LogP contribution in [0.5, 0.6) is 5.75 Å². The van der Waals surface area contributed by atoms with Crippen molar-refractivity contribution in [2.24, 2.45) is 0 Å². The Kier molecular flexibility index (Phi) is 5.02. The Morgan fingerprint density at radius 3 is 2.76 bits per heavy atom. The molecule has 1 aromatic heterocycles. The van der Waals surface area contributed by atoms with E-state index in [9.17, 15) is 9.59 Å². The Bertz CT molecular complexity index is 767. The summed E-state index contributed by atoms with van der Waals surface area (Å²) in [4.78, 5) is 24.9. The molecule has 25 heavy (non-hydrogen) atoms. The van der Waals surface area contributed by atoms with E-state index >= 15 is 0 Å². The largest absolute Gasteiger partial charge is 0.482 e. The number of aromatic nitrogens is 2. The van der Waals surface area contributed by atoms with Gasteiger partial charge in [-0.3, -0.25) is 9.48 Å². The topological polar surface area (TPSA) is 84.7 Å². The van der Waals surface area contributed by atoms with Crippen LogP contribution in [-0.2, 0) is 24.3 Å². The Hall–Kier alpha value is -2.83. The Morgan fingerprint density at radius 2 is 2.04 bits per heavy atom. The molecule has 1 amide bonds. The van der Waals surface area contributed by atoms with Crippen molar-refractivity contribution in [3.05, 3.63) is 47.3 Å². The molecule has 0 saturated carbocycles. The lowest BCUT2D eigenvalue weighted by atomic mass is 10.1. The number of aryl methyl sites for hydroxylation is 1. The molecule has 1 N–H and O–H groups in total. The van der Waals surface area contributed by atoms with Gasteiger partial charge in [-0.2, -0.15) is 5.10 Å². The number of hydrogen-bond acceptors (Lipinski definition) is 4. The first-order chi connectivity index (χ1) is 12.0. The van der Waals surface area contributed by atoms with Gasteiger partial charge in [0, 0.05) is 20.1 Å². The molecule has 0 saturated heterocycles. The van der Waals surface area contributed by atoms with Crippen molar-refractivity contribution in [3.8, 4) is 5.75 Å². The molecule has 0 unspecified atom stereocenters. The number of amides is 1. The highest BCUT2D eigenvalue weighted by Gasteiger charge is 2.22. The monoisotopic (exact) mass is 343 g/mol. The highest BCUT2D eigenvalue weighted by Crippen LogP contribution is 2.20. The van der Waals surface area contributed by atoms with E-state index in [0.717, 1.165) is 37.1 Å². The van der Waals surface area contributed by atoms with Crippen LogP contribution in [0.3, 0.4) is 0 Å². The summed E-state index contributed by atoms with van der Waals surface area (Å²) in [5.41, 5.74) is 2.66. The number of carbonyl (C=O) groups excluding carboxylic acids is 1. The van der Waals surface area contributed by atoms with Gasteiger partial charge in [-0.1, -0.05) is 12.1 Å². The first kappa shape index (κ1) is 17.0. The number of nitrogens with zero attached hydrogens (tertiary/aromatic N) is 3. The van der Waals surface area contributed by atoms with Gasteiger partial charge >= 0.3 is 5.97 Å². The number of carbonyl (C=O) groups is 2. The molecule has 0 radical (unpaired) electrons. The SMILES string of the molecule is CN(Cc1ccc(OCC(=O)O)cc1)C(=O)c1cnn2c1CCCC2. The third-order valence-electron chi connectivity index (χ3n) is 4.26. The quantitative estimate of drug-likeness (QED) is 0.867. The van der Waals surface area contributed by atoms with Gasteiger partial charge in [0.25, 0.3) is 5.91 Å². The lowest BCUT2D eigenvalue weighted by Crippen LogP contribution is -2.27. The second-order valence-corrected chi connectivity index (χ2v) is 6.17. The van der Waals surface area contributed by atoms with Gasteiger partial charge in [-0.15, -0.1) is 0 Å². The van der Waals surface area contributed by atoms with E-state index in [2.05, 4.69) is 5.10 Å². The Morgan fingerprint density at radius 1 is 1.28 bits per heavy atom. The summed E-state index contributed by atoms with van der Waals surface area (Å²) in [7, 11) is 1.77. The van der Waals surface area contributed by atoms with Crippen molar-refractivity contribution in [2.75, 3.05) is 13.7 Å². The molecule has 0 spiro atoms. The van der Waals surface area contributed by atoms with E-state index in [1.807, 2.05) is 16.8 Å². The molecule has 0 atom stereocenters. The summed E-state index contributed by atoms with van der Waals surface area (Å²) in [5.74, 6) is -0.556. The number of carboxylic acids is 1. The average molecular weight is 343 g/mol. The normalized spacial score (nSPS) is 13.2. The predicted octanol–water partition coefficient (Wildman–Crippen LogP) is 1.96. The molecule has 0 bridgehead atoms. The predicted molar refractivity (Wildman–Crippen MR) is 90.5 cm³/mol. The minimum atomic E-state index is -1.01. The van der Waals surface area contributed by atoms with Crippen molar-refractivity contribution in [1.82, 2.24) is 14.7 Å². The summed E-state index contributed by atoms with van der Waals surface area (Å²) in [6, 6.07) is 7.07. The second kappa shape index (κ2) is 7.38. The van der Waals surface area contributed by atoms with E-state index in [1.54, 1.807) is 30.3 Å². The zero-order valence-electron chi connectivity index (χ0n) is 14.1. The maximum atomic E-state index is 12.7. The minimum Gasteiger partial charge on any atom is -0.482 e. The number of rotatable bonds is 6. The fourth-order valence-corrected chi connectivity index (χ4v) is 2.99. The standard InChI is InChI=1S/C18H21N3O4/c1-20(11-13-5-7-14(8-6-13)25-12-17(22)23)18(24)15-10-19-21-9-3-2-4-16(15)21/h5-8,10H,2-4,9,11-12H2,1H3,(H,22,23). The Balaban J connectivity index is 1.63. The summed E-state index contributed by atoms with van der Waals surface area (Å²) in [6.45, 7) is 0.970. The lowest BCUT2D eigenvalue weighted by Gasteiger charge is -2.19. The molecule has 1 aromatic carbocycles. The van der Waals surface area contributed by atoms with Crippen LogP contribution in [0, 0.1) is 0 Å². The van der Waals surface area contributed by atoms with Gasteiger partial charge in [0.15, 0.2) is 6.61 Å². The molecule has 7 heteroatoms. The Labute approximate surface area is 145 Å². The van der Waals surface area contributed by atoms with Gasteiger partial charge in [0.05, 0.1) is 17.5 Å². The van der Waals surface area contributed by atoms with Crippen molar-refractivity contribution in [3.63, 3.8) is 0 Å². The zero-order valence-corrected chi connectivity index (χ0v) is 14.1. The third-order valence-corrected chi connectivity index (χ3v) is 4.26. The lowest BCUT2D eigenvalue weighted by molar-refractivity contribution is -0.139. The minimum absolute atomic E-state index is 0.0330.